The Kier molecular flexibility index (Phi) is 4.92. The second-order valence-electron chi connectivity index (χ2n) is 5.95. The third-order valence-corrected chi connectivity index (χ3v) is 4.73. The van der Waals surface area contributed by atoms with Crippen molar-refractivity contribution in [1.82, 2.24) is 5.32 Å². The lowest BCUT2D eigenvalue weighted by Gasteiger charge is -2.33. The van der Waals surface area contributed by atoms with Gasteiger partial charge in [0.05, 0.1) is 0 Å². The molecule has 0 aliphatic carbocycles. The van der Waals surface area contributed by atoms with Crippen LogP contribution in [0.2, 0.25) is 0 Å². The predicted octanol–water partition coefficient (Wildman–Crippen LogP) is 3.93. The number of hydrogen-bond donors (Lipinski definition) is 3. The van der Waals surface area contributed by atoms with E-state index in [0.717, 1.165) is 19.4 Å². The molecular weight excluding hydrogens is 246 g/mol. The summed E-state index contributed by atoms with van der Waals surface area (Å²) in [6.07, 6.45) is 4.61. The first-order valence-electron chi connectivity index (χ1n) is 7.98. The van der Waals surface area contributed by atoms with E-state index in [1.165, 1.54) is 29.8 Å². The third-order valence-electron chi connectivity index (χ3n) is 4.73. The van der Waals surface area contributed by atoms with Gasteiger partial charge in [-0.15, -0.1) is 0 Å². The van der Waals surface area contributed by atoms with E-state index in [1.807, 2.05) is 0 Å². The summed E-state index contributed by atoms with van der Waals surface area (Å²) >= 11 is 0. The van der Waals surface area contributed by atoms with Crippen LogP contribution >= 0.6 is 0 Å². The van der Waals surface area contributed by atoms with Gasteiger partial charge in [0.15, 0.2) is 0 Å². The molecule has 0 amide bonds. The normalized spacial score (nSPS) is 19.3. The molecule has 112 valence electrons. The highest BCUT2D eigenvalue weighted by atomic mass is 15.0. The summed E-state index contributed by atoms with van der Waals surface area (Å²) in [5, 5.41) is 10.7. The van der Waals surface area contributed by atoms with Gasteiger partial charge in [-0.05, 0) is 63.4 Å². The quantitative estimate of drug-likeness (QED) is 0.779. The van der Waals surface area contributed by atoms with Gasteiger partial charge in [-0.3, -0.25) is 0 Å². The molecule has 20 heavy (non-hydrogen) atoms. The monoisotopic (exact) mass is 275 g/mol. The van der Waals surface area contributed by atoms with E-state index in [4.69, 9.17) is 0 Å². The molecule has 2 rings (SSSR count). The zero-order chi connectivity index (χ0) is 14.6. The molecule has 3 N–H and O–H groups in total. The summed E-state index contributed by atoms with van der Waals surface area (Å²) in [5.74, 6) is 0. The molecule has 0 aromatic heterocycles. The number of fused-ring (bicyclic) bond motifs is 2. The van der Waals surface area contributed by atoms with Gasteiger partial charge in [-0.2, -0.15) is 0 Å². The first kappa shape index (κ1) is 15.2. The number of nitrogens with one attached hydrogen (secondary N) is 3. The molecule has 0 saturated heterocycles. The maximum Gasteiger partial charge on any atom is 0.0428 e. The number of anilines is 2. The van der Waals surface area contributed by atoms with E-state index >= 15 is 0 Å². The molecule has 0 radical (unpaired) electrons. The summed E-state index contributed by atoms with van der Waals surface area (Å²) in [7, 11) is 2.07. The van der Waals surface area contributed by atoms with Crippen LogP contribution in [0.25, 0.3) is 0 Å². The van der Waals surface area contributed by atoms with E-state index < -0.39 is 0 Å². The Morgan fingerprint density at radius 2 is 1.90 bits per heavy atom. The van der Waals surface area contributed by atoms with Gasteiger partial charge in [0.25, 0.3) is 0 Å². The highest BCUT2D eigenvalue weighted by molar-refractivity contribution is 5.61. The zero-order valence-electron chi connectivity index (χ0n) is 13.3. The first-order valence-corrected chi connectivity index (χ1v) is 7.98. The Morgan fingerprint density at radius 1 is 1.20 bits per heavy atom. The molecule has 3 heteroatoms. The van der Waals surface area contributed by atoms with Crippen LogP contribution in [-0.2, 0) is 5.54 Å². The summed E-state index contributed by atoms with van der Waals surface area (Å²) in [6, 6.07) is 7.39. The van der Waals surface area contributed by atoms with E-state index in [2.05, 4.69) is 62.0 Å². The van der Waals surface area contributed by atoms with Gasteiger partial charge < -0.3 is 16.0 Å². The molecule has 1 heterocycles. The van der Waals surface area contributed by atoms with Crippen molar-refractivity contribution >= 4 is 11.4 Å². The predicted molar refractivity (Wildman–Crippen MR) is 88.6 cm³/mol. The third kappa shape index (κ3) is 3.09. The van der Waals surface area contributed by atoms with Crippen molar-refractivity contribution in [3.8, 4) is 0 Å². The van der Waals surface area contributed by atoms with E-state index in [-0.39, 0.29) is 5.54 Å². The SMILES string of the molecule is CCC(CC)(NC)c1cc2cc(c1)NC(C)CCCN2. The van der Waals surface area contributed by atoms with Crippen molar-refractivity contribution in [3.63, 3.8) is 0 Å². The van der Waals surface area contributed by atoms with Gasteiger partial charge in [0.2, 0.25) is 0 Å². The smallest absolute Gasteiger partial charge is 0.0428 e. The first-order chi connectivity index (χ1) is 9.63. The molecule has 0 saturated carbocycles. The van der Waals surface area contributed by atoms with Crippen LogP contribution in [-0.4, -0.2) is 19.6 Å². The van der Waals surface area contributed by atoms with Crippen molar-refractivity contribution in [2.24, 2.45) is 0 Å². The van der Waals surface area contributed by atoms with Gasteiger partial charge in [-0.1, -0.05) is 13.8 Å². The summed E-state index contributed by atoms with van der Waals surface area (Å²) in [5.41, 5.74) is 3.93. The molecule has 1 atom stereocenters. The fourth-order valence-corrected chi connectivity index (χ4v) is 3.24. The fourth-order valence-electron chi connectivity index (χ4n) is 3.24. The number of benzene rings is 1. The lowest BCUT2D eigenvalue weighted by molar-refractivity contribution is 0.335. The van der Waals surface area contributed by atoms with Crippen LogP contribution in [0.1, 0.15) is 52.0 Å². The molecule has 0 spiro atoms. The van der Waals surface area contributed by atoms with E-state index in [1.54, 1.807) is 0 Å². The Morgan fingerprint density at radius 3 is 2.55 bits per heavy atom. The van der Waals surface area contributed by atoms with Crippen molar-refractivity contribution in [2.45, 2.75) is 58.0 Å². The second kappa shape index (κ2) is 6.49. The molecule has 1 aromatic carbocycles. The zero-order valence-corrected chi connectivity index (χ0v) is 13.3. The average molecular weight is 275 g/mol. The Balaban J connectivity index is 2.42. The molecule has 3 nitrogen and oxygen atoms in total. The molecule has 2 bridgehead atoms. The van der Waals surface area contributed by atoms with Crippen LogP contribution in [0.5, 0.6) is 0 Å². The molecular formula is C17H29N3. The van der Waals surface area contributed by atoms with Gasteiger partial charge in [0, 0.05) is 29.5 Å². The summed E-state index contributed by atoms with van der Waals surface area (Å²) < 4.78 is 0. The average Bonchev–Trinajstić information content (AvgIpc) is 2.51. The minimum Gasteiger partial charge on any atom is -0.385 e. The maximum atomic E-state index is 3.64. The number of hydrogen-bond acceptors (Lipinski definition) is 3. The highest BCUT2D eigenvalue weighted by Gasteiger charge is 2.27. The minimum atomic E-state index is 0.0748. The van der Waals surface area contributed by atoms with Crippen LogP contribution in [0.4, 0.5) is 11.4 Å². The standard InChI is InChI=1S/C17H29N3/c1-5-17(6-2,18-4)14-10-15-12-16(11-14)20-13(3)8-7-9-19-15/h10-13,18-20H,5-9H2,1-4H3. The van der Waals surface area contributed by atoms with Crippen molar-refractivity contribution in [1.29, 1.82) is 0 Å². The van der Waals surface area contributed by atoms with Crippen molar-refractivity contribution < 1.29 is 0 Å². The van der Waals surface area contributed by atoms with Crippen LogP contribution in [0.3, 0.4) is 0 Å². The van der Waals surface area contributed by atoms with Gasteiger partial charge in [-0.25, -0.2) is 0 Å². The maximum absolute atomic E-state index is 3.64. The van der Waals surface area contributed by atoms with Crippen molar-refractivity contribution in [2.75, 3.05) is 24.2 Å². The van der Waals surface area contributed by atoms with Crippen LogP contribution in [0.15, 0.2) is 18.2 Å². The lowest BCUT2D eigenvalue weighted by Crippen LogP contribution is -2.38. The second-order valence-corrected chi connectivity index (χ2v) is 5.95. The van der Waals surface area contributed by atoms with Gasteiger partial charge in [0.1, 0.15) is 0 Å². The topological polar surface area (TPSA) is 36.1 Å². The highest BCUT2D eigenvalue weighted by Crippen LogP contribution is 2.33. The summed E-state index contributed by atoms with van der Waals surface area (Å²) in [4.78, 5) is 0. The molecule has 1 aliphatic rings. The number of rotatable bonds is 4. The molecule has 1 aromatic rings. The van der Waals surface area contributed by atoms with Crippen LogP contribution in [0, 0.1) is 0 Å². The fraction of sp³-hybridized carbons (Fsp3) is 0.647. The van der Waals surface area contributed by atoms with Crippen LogP contribution < -0.4 is 16.0 Å². The Hall–Kier alpha value is -1.22. The minimum absolute atomic E-state index is 0.0748. The molecule has 1 unspecified atom stereocenters. The Labute approximate surface area is 123 Å². The van der Waals surface area contributed by atoms with Crippen molar-refractivity contribution in [3.05, 3.63) is 23.8 Å². The Bertz CT molecular complexity index is 430. The van der Waals surface area contributed by atoms with Gasteiger partial charge >= 0.3 is 0 Å². The van der Waals surface area contributed by atoms with E-state index in [0.29, 0.717) is 6.04 Å². The summed E-state index contributed by atoms with van der Waals surface area (Å²) in [6.45, 7) is 7.84. The molecule has 1 aliphatic heterocycles. The lowest BCUT2D eigenvalue weighted by atomic mass is 9.84. The van der Waals surface area contributed by atoms with E-state index in [9.17, 15) is 0 Å². The largest absolute Gasteiger partial charge is 0.385 e. The molecule has 0 fully saturated rings.